The van der Waals surface area contributed by atoms with E-state index in [9.17, 15) is 18.8 Å². The summed E-state index contributed by atoms with van der Waals surface area (Å²) < 4.78 is 42.0. The van der Waals surface area contributed by atoms with Gasteiger partial charge in [-0.2, -0.15) is 9.78 Å². The Hall–Kier alpha value is -6.35. The van der Waals surface area contributed by atoms with Crippen LogP contribution in [0, 0.1) is 18.6 Å². The molecule has 14 heteroatoms. The third-order valence-corrected chi connectivity index (χ3v) is 11.4. The van der Waals surface area contributed by atoms with Crippen LogP contribution >= 0.6 is 0 Å². The zero-order valence-electron chi connectivity index (χ0n) is 31.5. The van der Waals surface area contributed by atoms with E-state index in [1.165, 1.54) is 71.4 Å². The molecule has 4 aromatic carbocycles. The first-order chi connectivity index (χ1) is 27.3. The number of aromatic nitrogens is 3. The number of nitrogens with zero attached hydrogens (tertiary/aromatic N) is 4. The second kappa shape index (κ2) is 16.4. The molecule has 0 spiro atoms. The molecule has 0 saturated carbocycles. The highest BCUT2D eigenvalue weighted by Gasteiger charge is 2.35. The third-order valence-electron chi connectivity index (χ3n) is 9.13. The summed E-state index contributed by atoms with van der Waals surface area (Å²) in [6.45, 7) is 8.85. The van der Waals surface area contributed by atoms with Gasteiger partial charge < -0.3 is 19.3 Å². The molecule has 1 saturated heterocycles. The Bertz CT molecular complexity index is 2470. The van der Waals surface area contributed by atoms with E-state index in [1.807, 2.05) is 18.2 Å². The first-order valence-electron chi connectivity index (χ1n) is 18.1. The number of hydroxylamine groups is 2. The molecule has 1 aliphatic rings. The monoisotopic (exact) mass is 786 g/mol. The minimum Gasteiger partial charge on any atom is -0.454 e. The number of anilines is 1. The summed E-state index contributed by atoms with van der Waals surface area (Å²) in [5.41, 5.74) is 1.29. The van der Waals surface area contributed by atoms with Gasteiger partial charge in [-0.3, -0.25) is 9.59 Å². The van der Waals surface area contributed by atoms with Crippen molar-refractivity contribution in [2.75, 3.05) is 18.4 Å². The number of carbonyl (C=O) groups is 2. The molecule has 7 rings (SSSR count). The van der Waals surface area contributed by atoms with E-state index in [0.29, 0.717) is 18.7 Å². The SMILES string of the molecule is Cc1cc(=O)n(-c2ccc(F)cc2)nc1C(=O)Nc1ccc(Oc2ccnc(C(=O)ON3CC(O[Si](c4ccccc4)c4ccc(C(C)(C)C)cc4)C3)c2)c(F)c1. The smallest absolute Gasteiger partial charge is 0.375 e. The summed E-state index contributed by atoms with van der Waals surface area (Å²) in [6, 6.07) is 31.6. The molecule has 6 aromatic rings. The van der Waals surface area contributed by atoms with Crippen molar-refractivity contribution in [3.05, 3.63) is 166 Å². The van der Waals surface area contributed by atoms with Crippen molar-refractivity contribution in [1.29, 1.82) is 0 Å². The lowest BCUT2D eigenvalue weighted by atomic mass is 9.87. The fourth-order valence-electron chi connectivity index (χ4n) is 5.99. The lowest BCUT2D eigenvalue weighted by Gasteiger charge is -2.38. The second-order valence-corrected chi connectivity index (χ2v) is 16.5. The quantitative estimate of drug-likeness (QED) is 0.155. The van der Waals surface area contributed by atoms with Crippen LogP contribution in [0.5, 0.6) is 11.5 Å². The molecule has 1 amide bonds. The van der Waals surface area contributed by atoms with Gasteiger partial charge in [0.2, 0.25) is 0 Å². The van der Waals surface area contributed by atoms with Gasteiger partial charge in [-0.05, 0) is 76.3 Å². The van der Waals surface area contributed by atoms with Crippen LogP contribution in [-0.4, -0.2) is 59.9 Å². The Labute approximate surface area is 329 Å². The molecule has 1 aliphatic heterocycles. The number of carbonyl (C=O) groups excluding carboxylic acids is 2. The standard InChI is InChI=1S/C43H38F2N5O6Si/c1-27-22-39(51)50(31-15-12-29(44)13-16-31)48-40(27)41(52)47-30-14-19-38(36(45)23-30)54-32-20-21-46-37(24-32)42(53)55-49-25-33(26-49)56-57(34-8-6-5-7-9-34)35-17-10-28(11-18-35)43(2,3)4/h5-24,33H,25-26H2,1-4H3,(H,47,52). The van der Waals surface area contributed by atoms with E-state index < -0.39 is 38.1 Å². The fourth-order valence-corrected chi connectivity index (χ4v) is 8.05. The van der Waals surface area contributed by atoms with Crippen LogP contribution in [-0.2, 0) is 14.7 Å². The molecular formula is C43H38F2N5O6Si. The van der Waals surface area contributed by atoms with Gasteiger partial charge in [-0.25, -0.2) is 18.6 Å². The number of pyridine rings is 1. The van der Waals surface area contributed by atoms with Crippen LogP contribution in [0.2, 0.25) is 0 Å². The van der Waals surface area contributed by atoms with E-state index in [2.05, 4.69) is 72.6 Å². The Kier molecular flexibility index (Phi) is 11.2. The highest BCUT2D eigenvalue weighted by atomic mass is 28.3. The number of hydrogen-bond donors (Lipinski definition) is 1. The molecule has 11 nitrogen and oxygen atoms in total. The van der Waals surface area contributed by atoms with Crippen LogP contribution in [0.3, 0.4) is 0 Å². The highest BCUT2D eigenvalue weighted by molar-refractivity contribution is 6.80. The highest BCUT2D eigenvalue weighted by Crippen LogP contribution is 2.28. The van der Waals surface area contributed by atoms with E-state index in [4.69, 9.17) is 14.0 Å². The molecule has 0 unspecified atom stereocenters. The Morgan fingerprint density at radius 2 is 1.56 bits per heavy atom. The van der Waals surface area contributed by atoms with Crippen molar-refractivity contribution in [3.8, 4) is 17.2 Å². The normalized spacial score (nSPS) is 13.2. The molecule has 2 aromatic heterocycles. The molecular weight excluding hydrogens is 749 g/mol. The van der Waals surface area contributed by atoms with E-state index in [1.54, 1.807) is 6.92 Å². The van der Waals surface area contributed by atoms with Crippen LogP contribution in [0.1, 0.15) is 52.9 Å². The lowest BCUT2D eigenvalue weighted by molar-refractivity contribution is -0.188. The molecule has 0 atom stereocenters. The summed E-state index contributed by atoms with van der Waals surface area (Å²) >= 11 is 0. The predicted molar refractivity (Wildman–Crippen MR) is 212 cm³/mol. The second-order valence-electron chi connectivity index (χ2n) is 14.5. The van der Waals surface area contributed by atoms with Gasteiger partial charge in [0.15, 0.2) is 23.0 Å². The molecule has 1 radical (unpaired) electrons. The maximum Gasteiger partial charge on any atom is 0.375 e. The Balaban J connectivity index is 0.952. The van der Waals surface area contributed by atoms with Crippen molar-refractivity contribution in [2.45, 2.75) is 39.2 Å². The Morgan fingerprint density at radius 1 is 0.860 bits per heavy atom. The minimum absolute atomic E-state index is 0.0360. The number of rotatable bonds is 11. The summed E-state index contributed by atoms with van der Waals surface area (Å²) in [5, 5.41) is 10.5. The van der Waals surface area contributed by atoms with E-state index in [0.717, 1.165) is 21.1 Å². The maximum atomic E-state index is 15.2. The van der Waals surface area contributed by atoms with E-state index in [-0.39, 0.29) is 45.8 Å². The van der Waals surface area contributed by atoms with Crippen LogP contribution < -0.4 is 26.0 Å². The van der Waals surface area contributed by atoms with Crippen molar-refractivity contribution in [3.63, 3.8) is 0 Å². The third kappa shape index (κ3) is 9.21. The minimum atomic E-state index is -1.57. The van der Waals surface area contributed by atoms with Crippen LogP contribution in [0.25, 0.3) is 5.69 Å². The van der Waals surface area contributed by atoms with E-state index >= 15 is 4.39 Å². The zero-order chi connectivity index (χ0) is 40.3. The first kappa shape index (κ1) is 38.9. The van der Waals surface area contributed by atoms with Gasteiger partial charge >= 0.3 is 5.97 Å². The number of ether oxygens (including phenoxy) is 1. The van der Waals surface area contributed by atoms with Gasteiger partial charge in [0.25, 0.3) is 20.5 Å². The molecule has 3 heterocycles. The van der Waals surface area contributed by atoms with Gasteiger partial charge in [0, 0.05) is 30.1 Å². The average molecular weight is 787 g/mol. The van der Waals surface area contributed by atoms with Crippen LogP contribution in [0.4, 0.5) is 14.5 Å². The fraction of sp³-hybridized carbons (Fsp3) is 0.186. The number of aryl methyl sites for hydroxylation is 1. The Morgan fingerprint density at radius 3 is 2.25 bits per heavy atom. The van der Waals surface area contributed by atoms with Crippen LogP contribution in [0.15, 0.2) is 126 Å². The summed E-state index contributed by atoms with van der Waals surface area (Å²) in [7, 11) is -1.57. The number of nitrogens with one attached hydrogen (secondary N) is 1. The van der Waals surface area contributed by atoms with Crippen molar-refractivity contribution < 1.29 is 32.4 Å². The van der Waals surface area contributed by atoms with Gasteiger partial charge in [0.05, 0.1) is 24.9 Å². The molecule has 57 heavy (non-hydrogen) atoms. The van der Waals surface area contributed by atoms with Gasteiger partial charge in [0.1, 0.15) is 11.6 Å². The number of benzene rings is 4. The average Bonchev–Trinajstić information content (AvgIpc) is 3.17. The van der Waals surface area contributed by atoms with Crippen molar-refractivity contribution in [1.82, 2.24) is 19.8 Å². The maximum absolute atomic E-state index is 15.2. The summed E-state index contributed by atoms with van der Waals surface area (Å²) in [6.07, 6.45) is 1.20. The number of amides is 1. The first-order valence-corrected chi connectivity index (χ1v) is 19.5. The summed E-state index contributed by atoms with van der Waals surface area (Å²) in [5.74, 6) is -2.75. The summed E-state index contributed by atoms with van der Waals surface area (Å²) in [4.78, 5) is 48.4. The molecule has 0 aliphatic carbocycles. The molecule has 0 bridgehead atoms. The van der Waals surface area contributed by atoms with Gasteiger partial charge in [-0.15, -0.1) is 5.06 Å². The molecule has 1 fully saturated rings. The number of halogens is 2. The number of hydrogen-bond acceptors (Lipinski definition) is 9. The zero-order valence-corrected chi connectivity index (χ0v) is 32.5. The lowest BCUT2D eigenvalue weighted by Crippen LogP contribution is -2.58. The largest absolute Gasteiger partial charge is 0.454 e. The van der Waals surface area contributed by atoms with Crippen molar-refractivity contribution in [2.24, 2.45) is 0 Å². The topological polar surface area (TPSA) is 125 Å². The van der Waals surface area contributed by atoms with Crippen molar-refractivity contribution >= 4 is 37.0 Å². The van der Waals surface area contributed by atoms with Gasteiger partial charge in [-0.1, -0.05) is 75.4 Å². The predicted octanol–water partition coefficient (Wildman–Crippen LogP) is 6.13. The molecule has 1 N–H and O–H groups in total. The molecule has 289 valence electrons.